The number of fused-ring (bicyclic) bond motifs is 1. The Morgan fingerprint density at radius 2 is 1.67 bits per heavy atom. The summed E-state index contributed by atoms with van der Waals surface area (Å²) in [5.41, 5.74) is 1.31. The maximum Gasteiger partial charge on any atom is 0.283 e. The Morgan fingerprint density at radius 3 is 2.33 bits per heavy atom. The molecule has 6 nitrogen and oxygen atoms in total. The van der Waals surface area contributed by atoms with Gasteiger partial charge in [-0.15, -0.1) is 0 Å². The molecule has 0 atom stereocenters. The number of methoxy groups -OCH3 is 3. The molecule has 0 fully saturated rings. The van der Waals surface area contributed by atoms with Gasteiger partial charge in [-0.2, -0.15) is 4.99 Å². The molecule has 0 saturated heterocycles. The van der Waals surface area contributed by atoms with E-state index in [4.69, 9.17) is 14.2 Å². The summed E-state index contributed by atoms with van der Waals surface area (Å²) in [6.45, 7) is 2.79. The van der Waals surface area contributed by atoms with E-state index in [1.807, 2.05) is 22.8 Å². The minimum absolute atomic E-state index is 0.346. The number of ether oxygens (including phenoxy) is 3. The van der Waals surface area contributed by atoms with Gasteiger partial charge < -0.3 is 18.8 Å². The van der Waals surface area contributed by atoms with Gasteiger partial charge in [-0.1, -0.05) is 30.4 Å². The summed E-state index contributed by atoms with van der Waals surface area (Å²) < 4.78 is 19.2. The highest BCUT2D eigenvalue weighted by atomic mass is 32.1. The molecule has 7 heteroatoms. The zero-order valence-corrected chi connectivity index (χ0v) is 16.6. The highest BCUT2D eigenvalue weighted by Gasteiger charge is 2.17. The Bertz CT molecular complexity index is 1040. The normalized spacial score (nSPS) is 11.6. The van der Waals surface area contributed by atoms with Crippen LogP contribution in [0.4, 0.5) is 0 Å². The van der Waals surface area contributed by atoms with Crippen LogP contribution in [0.3, 0.4) is 0 Å². The summed E-state index contributed by atoms with van der Waals surface area (Å²) in [6.07, 6.45) is 0.891. The van der Waals surface area contributed by atoms with Crippen LogP contribution in [0, 0.1) is 0 Å². The second-order valence-electron chi connectivity index (χ2n) is 5.80. The summed E-state index contributed by atoms with van der Waals surface area (Å²) in [4.78, 5) is 17.8. The molecule has 0 unspecified atom stereocenters. The van der Waals surface area contributed by atoms with Crippen LogP contribution in [-0.2, 0) is 6.54 Å². The van der Waals surface area contributed by atoms with Gasteiger partial charge in [0.05, 0.1) is 26.9 Å². The van der Waals surface area contributed by atoms with Crippen molar-refractivity contribution in [1.29, 1.82) is 0 Å². The van der Waals surface area contributed by atoms with E-state index < -0.39 is 0 Å². The number of benzene rings is 2. The predicted octanol–water partition coefficient (Wildman–Crippen LogP) is 3.88. The fourth-order valence-electron chi connectivity index (χ4n) is 2.94. The first-order valence-corrected chi connectivity index (χ1v) is 9.42. The topological polar surface area (TPSA) is 62.1 Å². The third-order valence-electron chi connectivity index (χ3n) is 4.17. The van der Waals surface area contributed by atoms with Crippen LogP contribution in [0.15, 0.2) is 41.4 Å². The number of hydrogen-bond acceptors (Lipinski definition) is 5. The van der Waals surface area contributed by atoms with Gasteiger partial charge in [0, 0.05) is 6.54 Å². The lowest BCUT2D eigenvalue weighted by Gasteiger charge is -2.09. The molecule has 0 aliphatic heterocycles. The molecule has 0 spiro atoms. The third-order valence-corrected chi connectivity index (χ3v) is 5.27. The van der Waals surface area contributed by atoms with Gasteiger partial charge in [0.1, 0.15) is 27.5 Å². The highest BCUT2D eigenvalue weighted by Crippen LogP contribution is 2.35. The largest absolute Gasteiger partial charge is 0.496 e. The van der Waals surface area contributed by atoms with Gasteiger partial charge in [0.25, 0.3) is 5.91 Å². The van der Waals surface area contributed by atoms with E-state index in [2.05, 4.69) is 11.9 Å². The summed E-state index contributed by atoms with van der Waals surface area (Å²) in [5, 5.41) is 0. The fourth-order valence-corrected chi connectivity index (χ4v) is 4.10. The monoisotopic (exact) mass is 386 g/mol. The molecule has 0 bridgehead atoms. The number of nitrogens with zero attached hydrogens (tertiary/aromatic N) is 2. The van der Waals surface area contributed by atoms with Gasteiger partial charge in [0.15, 0.2) is 4.80 Å². The molecular weight excluding hydrogens is 364 g/mol. The number of carbonyl (C=O) groups is 1. The molecule has 0 saturated carbocycles. The van der Waals surface area contributed by atoms with E-state index in [1.165, 1.54) is 11.3 Å². The van der Waals surface area contributed by atoms with Crippen molar-refractivity contribution in [2.75, 3.05) is 21.3 Å². The second-order valence-corrected chi connectivity index (χ2v) is 6.78. The lowest BCUT2D eigenvalue weighted by atomic mass is 10.2. The van der Waals surface area contributed by atoms with E-state index in [1.54, 1.807) is 39.5 Å². The van der Waals surface area contributed by atoms with Crippen molar-refractivity contribution in [3.8, 4) is 17.2 Å². The van der Waals surface area contributed by atoms with E-state index in [0.29, 0.717) is 22.7 Å². The molecule has 3 aromatic rings. The first kappa shape index (κ1) is 19.0. The summed E-state index contributed by atoms with van der Waals surface area (Å²) >= 11 is 1.41. The van der Waals surface area contributed by atoms with Gasteiger partial charge in [-0.3, -0.25) is 4.79 Å². The molecule has 0 N–H and O–H groups in total. The highest BCUT2D eigenvalue weighted by molar-refractivity contribution is 7.16. The molecule has 1 amide bonds. The van der Waals surface area contributed by atoms with Crippen LogP contribution in [0.1, 0.15) is 23.7 Å². The maximum atomic E-state index is 12.8. The van der Waals surface area contributed by atoms with Crippen molar-refractivity contribution in [2.24, 2.45) is 4.99 Å². The minimum atomic E-state index is -0.346. The number of para-hydroxylation sites is 1. The van der Waals surface area contributed by atoms with Crippen molar-refractivity contribution in [3.63, 3.8) is 0 Å². The number of rotatable bonds is 6. The lowest BCUT2D eigenvalue weighted by molar-refractivity contribution is 0.0995. The average molecular weight is 386 g/mol. The van der Waals surface area contributed by atoms with Crippen LogP contribution >= 0.6 is 11.3 Å². The molecule has 0 aliphatic carbocycles. The zero-order chi connectivity index (χ0) is 19.4. The number of amides is 1. The van der Waals surface area contributed by atoms with Crippen molar-refractivity contribution >= 4 is 27.5 Å². The molecule has 27 heavy (non-hydrogen) atoms. The van der Waals surface area contributed by atoms with E-state index in [0.717, 1.165) is 28.1 Å². The van der Waals surface area contributed by atoms with Crippen LogP contribution in [-0.4, -0.2) is 31.8 Å². The Kier molecular flexibility index (Phi) is 5.81. The Balaban J connectivity index is 2.25. The molecule has 2 aromatic carbocycles. The molecule has 142 valence electrons. The third kappa shape index (κ3) is 3.55. The lowest BCUT2D eigenvalue weighted by Crippen LogP contribution is -2.17. The Morgan fingerprint density at radius 1 is 1.00 bits per heavy atom. The molecule has 0 aliphatic rings. The smallest absolute Gasteiger partial charge is 0.283 e. The zero-order valence-electron chi connectivity index (χ0n) is 15.8. The van der Waals surface area contributed by atoms with Crippen molar-refractivity contribution in [2.45, 2.75) is 19.9 Å². The first-order valence-electron chi connectivity index (χ1n) is 8.61. The Labute approximate surface area is 161 Å². The number of thiazole rings is 1. The quantitative estimate of drug-likeness (QED) is 0.645. The molecule has 1 aromatic heterocycles. The summed E-state index contributed by atoms with van der Waals surface area (Å²) in [6, 6.07) is 10.8. The van der Waals surface area contributed by atoms with Gasteiger partial charge in [0.2, 0.25) is 0 Å². The first-order chi connectivity index (χ1) is 13.1. The van der Waals surface area contributed by atoms with Gasteiger partial charge in [-0.25, -0.2) is 0 Å². The molecule has 1 heterocycles. The van der Waals surface area contributed by atoms with Crippen LogP contribution in [0.2, 0.25) is 0 Å². The molecular formula is C20H22N2O4S. The SMILES string of the molecule is CCCn1c(=NC(=O)c2ccccc2OC)sc2c(OC)ccc(OC)c21. The van der Waals surface area contributed by atoms with E-state index in [9.17, 15) is 4.79 Å². The number of carbonyl (C=O) groups excluding carboxylic acids is 1. The number of aryl methyl sites for hydroxylation is 1. The summed E-state index contributed by atoms with van der Waals surface area (Å²) in [7, 11) is 4.80. The van der Waals surface area contributed by atoms with Crippen molar-refractivity contribution < 1.29 is 19.0 Å². The number of hydrogen-bond donors (Lipinski definition) is 0. The summed E-state index contributed by atoms with van der Waals surface area (Å²) in [5.74, 6) is 1.61. The average Bonchev–Trinajstić information content (AvgIpc) is 3.05. The predicted molar refractivity (Wildman–Crippen MR) is 106 cm³/mol. The molecule has 3 rings (SSSR count). The van der Waals surface area contributed by atoms with Crippen LogP contribution < -0.4 is 19.0 Å². The van der Waals surface area contributed by atoms with Crippen LogP contribution in [0.5, 0.6) is 17.2 Å². The fraction of sp³-hybridized carbons (Fsp3) is 0.300. The van der Waals surface area contributed by atoms with Crippen LogP contribution in [0.25, 0.3) is 10.2 Å². The second kappa shape index (κ2) is 8.26. The molecule has 0 radical (unpaired) electrons. The van der Waals surface area contributed by atoms with E-state index >= 15 is 0 Å². The van der Waals surface area contributed by atoms with Crippen molar-refractivity contribution in [3.05, 3.63) is 46.8 Å². The van der Waals surface area contributed by atoms with Gasteiger partial charge in [-0.05, 0) is 30.7 Å². The maximum absolute atomic E-state index is 12.8. The standard InChI is InChI=1S/C20H22N2O4S/c1-5-12-22-17-15(25-3)10-11-16(26-4)18(17)27-20(22)21-19(23)13-8-6-7-9-14(13)24-2/h6-11H,5,12H2,1-4H3. The number of aromatic nitrogens is 1. The van der Waals surface area contributed by atoms with Crippen molar-refractivity contribution in [1.82, 2.24) is 4.57 Å². The minimum Gasteiger partial charge on any atom is -0.496 e. The van der Waals surface area contributed by atoms with E-state index in [-0.39, 0.29) is 5.91 Å². The van der Waals surface area contributed by atoms with Gasteiger partial charge >= 0.3 is 0 Å². The Hall–Kier alpha value is -2.80.